The first-order chi connectivity index (χ1) is 11.0. The lowest BCUT2D eigenvalue weighted by molar-refractivity contribution is 0.0837. The highest BCUT2D eigenvalue weighted by atomic mass is 16.5. The molecule has 2 aromatic rings. The van der Waals surface area contributed by atoms with Crippen LogP contribution < -0.4 is 5.32 Å². The van der Waals surface area contributed by atoms with Crippen LogP contribution in [-0.2, 0) is 18.8 Å². The smallest absolute Gasteiger partial charge is 0.273 e. The molecule has 8 heteroatoms. The highest BCUT2D eigenvalue weighted by molar-refractivity contribution is 5.91. The zero-order chi connectivity index (χ0) is 16.6. The van der Waals surface area contributed by atoms with Crippen LogP contribution in [0.5, 0.6) is 0 Å². The molecule has 0 bridgehead atoms. The summed E-state index contributed by atoms with van der Waals surface area (Å²) in [6.07, 6.45) is 2.50. The first-order valence-electron chi connectivity index (χ1n) is 7.73. The van der Waals surface area contributed by atoms with Gasteiger partial charge in [0.1, 0.15) is 0 Å². The molecule has 0 radical (unpaired) electrons. The van der Waals surface area contributed by atoms with Gasteiger partial charge in [-0.05, 0) is 20.3 Å². The van der Waals surface area contributed by atoms with Gasteiger partial charge in [-0.25, -0.2) is 0 Å². The van der Waals surface area contributed by atoms with Crippen LogP contribution in [0.4, 0.5) is 0 Å². The minimum Gasteiger partial charge on any atom is -0.373 e. The molecule has 1 amide bonds. The number of hydrogen-bond acceptors (Lipinski definition) is 5. The van der Waals surface area contributed by atoms with Crippen LogP contribution in [-0.4, -0.2) is 43.8 Å². The van der Waals surface area contributed by atoms with Crippen LogP contribution >= 0.6 is 0 Å². The Morgan fingerprint density at radius 3 is 2.83 bits per heavy atom. The molecule has 2 atom stereocenters. The van der Waals surface area contributed by atoms with E-state index in [0.29, 0.717) is 18.8 Å². The molecule has 8 nitrogen and oxygen atoms in total. The van der Waals surface area contributed by atoms with Gasteiger partial charge in [0.05, 0.1) is 18.0 Å². The summed E-state index contributed by atoms with van der Waals surface area (Å²) in [5, 5.41) is 15.0. The SMILES string of the molecule is Cc1nn(C)c(C)c1[C@H]1OCC[C@@H]1CNC(=O)c1cn(C)nn1. The van der Waals surface area contributed by atoms with Crippen molar-refractivity contribution in [1.29, 1.82) is 0 Å². The molecule has 3 rings (SSSR count). The molecule has 124 valence electrons. The lowest BCUT2D eigenvalue weighted by Crippen LogP contribution is -2.31. The third kappa shape index (κ3) is 2.98. The van der Waals surface area contributed by atoms with E-state index in [1.807, 2.05) is 25.6 Å². The number of rotatable bonds is 4. The van der Waals surface area contributed by atoms with Crippen molar-refractivity contribution in [3.05, 3.63) is 28.8 Å². The van der Waals surface area contributed by atoms with Gasteiger partial charge in [0.2, 0.25) is 0 Å². The largest absolute Gasteiger partial charge is 0.373 e. The van der Waals surface area contributed by atoms with E-state index in [9.17, 15) is 4.79 Å². The van der Waals surface area contributed by atoms with E-state index in [2.05, 4.69) is 20.7 Å². The zero-order valence-electron chi connectivity index (χ0n) is 13.9. The molecular weight excluding hydrogens is 296 g/mol. The fraction of sp³-hybridized carbons (Fsp3) is 0.600. The minimum absolute atomic E-state index is 0.0224. The Balaban J connectivity index is 1.69. The van der Waals surface area contributed by atoms with Crippen LogP contribution in [0.15, 0.2) is 6.20 Å². The van der Waals surface area contributed by atoms with Crippen LogP contribution in [0.25, 0.3) is 0 Å². The minimum atomic E-state index is -0.205. The van der Waals surface area contributed by atoms with Gasteiger partial charge in [-0.2, -0.15) is 5.10 Å². The highest BCUT2D eigenvalue weighted by Gasteiger charge is 2.33. The maximum atomic E-state index is 12.1. The number of nitrogens with one attached hydrogen (secondary N) is 1. The molecule has 0 saturated carbocycles. The Labute approximate surface area is 134 Å². The summed E-state index contributed by atoms with van der Waals surface area (Å²) in [6, 6.07) is 0. The number of ether oxygens (including phenoxy) is 1. The molecule has 2 aromatic heterocycles. The number of nitrogens with zero attached hydrogens (tertiary/aromatic N) is 5. The molecule has 0 aromatic carbocycles. The molecule has 1 aliphatic heterocycles. The molecule has 3 heterocycles. The Hall–Kier alpha value is -2.22. The van der Waals surface area contributed by atoms with Crippen LogP contribution in [0.2, 0.25) is 0 Å². The van der Waals surface area contributed by atoms with Gasteiger partial charge in [-0.15, -0.1) is 5.10 Å². The summed E-state index contributed by atoms with van der Waals surface area (Å²) in [5.74, 6) is 0.0283. The third-order valence-corrected chi connectivity index (χ3v) is 4.42. The Bertz CT molecular complexity index is 720. The van der Waals surface area contributed by atoms with Gasteiger partial charge >= 0.3 is 0 Å². The first-order valence-corrected chi connectivity index (χ1v) is 7.73. The summed E-state index contributed by atoms with van der Waals surface area (Å²) >= 11 is 0. The Morgan fingerprint density at radius 1 is 1.43 bits per heavy atom. The Kier molecular flexibility index (Phi) is 4.16. The zero-order valence-corrected chi connectivity index (χ0v) is 13.9. The van der Waals surface area contributed by atoms with E-state index in [0.717, 1.165) is 23.4 Å². The van der Waals surface area contributed by atoms with Crippen molar-refractivity contribution in [3.63, 3.8) is 0 Å². The second-order valence-corrected chi connectivity index (χ2v) is 6.04. The van der Waals surface area contributed by atoms with Crippen molar-refractivity contribution in [1.82, 2.24) is 30.1 Å². The number of carbonyl (C=O) groups is 1. The predicted octanol–water partition coefficient (Wildman–Crippen LogP) is 0.673. The van der Waals surface area contributed by atoms with Crippen LogP contribution in [0, 0.1) is 19.8 Å². The van der Waals surface area contributed by atoms with E-state index in [-0.39, 0.29) is 17.9 Å². The number of hydrogen-bond donors (Lipinski definition) is 1. The number of amides is 1. The lowest BCUT2D eigenvalue weighted by atomic mass is 9.94. The third-order valence-electron chi connectivity index (χ3n) is 4.42. The summed E-state index contributed by atoms with van der Waals surface area (Å²) in [5.41, 5.74) is 3.57. The van der Waals surface area contributed by atoms with Gasteiger partial charge in [0.25, 0.3) is 5.91 Å². The summed E-state index contributed by atoms with van der Waals surface area (Å²) in [4.78, 5) is 12.1. The molecule has 1 fully saturated rings. The van der Waals surface area contributed by atoms with Crippen LogP contribution in [0.1, 0.15) is 40.0 Å². The molecule has 1 saturated heterocycles. The number of aromatic nitrogens is 5. The van der Waals surface area contributed by atoms with Crippen molar-refractivity contribution in [2.45, 2.75) is 26.4 Å². The predicted molar refractivity (Wildman–Crippen MR) is 82.8 cm³/mol. The van der Waals surface area contributed by atoms with Crippen LogP contribution in [0.3, 0.4) is 0 Å². The molecule has 0 unspecified atom stereocenters. The summed E-state index contributed by atoms with van der Waals surface area (Å²) in [7, 11) is 3.67. The van der Waals surface area contributed by atoms with Gasteiger partial charge in [0, 0.05) is 44.4 Å². The van der Waals surface area contributed by atoms with Gasteiger partial charge in [-0.3, -0.25) is 14.2 Å². The topological polar surface area (TPSA) is 86.9 Å². The lowest BCUT2D eigenvalue weighted by Gasteiger charge is -2.19. The van der Waals surface area contributed by atoms with E-state index in [1.165, 1.54) is 4.68 Å². The van der Waals surface area contributed by atoms with Crippen molar-refractivity contribution in [3.8, 4) is 0 Å². The van der Waals surface area contributed by atoms with Gasteiger partial charge < -0.3 is 10.1 Å². The second kappa shape index (κ2) is 6.11. The number of carbonyl (C=O) groups excluding carboxylic acids is 1. The van der Waals surface area contributed by atoms with E-state index in [1.54, 1.807) is 13.2 Å². The molecule has 23 heavy (non-hydrogen) atoms. The summed E-state index contributed by atoms with van der Waals surface area (Å²) < 4.78 is 9.32. The van der Waals surface area contributed by atoms with Crippen molar-refractivity contribution < 1.29 is 9.53 Å². The monoisotopic (exact) mass is 318 g/mol. The van der Waals surface area contributed by atoms with Gasteiger partial charge in [-0.1, -0.05) is 5.21 Å². The van der Waals surface area contributed by atoms with Crippen molar-refractivity contribution in [2.24, 2.45) is 20.0 Å². The molecule has 0 spiro atoms. The van der Waals surface area contributed by atoms with Gasteiger partial charge in [0.15, 0.2) is 5.69 Å². The summed E-state index contributed by atoms with van der Waals surface area (Å²) in [6.45, 7) is 5.30. The molecular formula is C15H22N6O2. The average molecular weight is 318 g/mol. The van der Waals surface area contributed by atoms with E-state index >= 15 is 0 Å². The maximum absolute atomic E-state index is 12.1. The standard InChI is InChI=1S/C15H22N6O2/c1-9-13(10(2)21(4)18-9)14-11(5-6-23-14)7-16-15(22)12-8-20(3)19-17-12/h8,11,14H,5-7H2,1-4H3,(H,16,22)/t11-,14+/m1/s1. The fourth-order valence-corrected chi connectivity index (χ4v) is 3.13. The number of aryl methyl sites for hydroxylation is 3. The molecule has 1 aliphatic rings. The van der Waals surface area contributed by atoms with E-state index < -0.39 is 0 Å². The first kappa shape index (κ1) is 15.7. The second-order valence-electron chi connectivity index (χ2n) is 6.04. The Morgan fingerprint density at radius 2 is 2.22 bits per heavy atom. The molecule has 1 N–H and O–H groups in total. The highest BCUT2D eigenvalue weighted by Crippen LogP contribution is 2.37. The fourth-order valence-electron chi connectivity index (χ4n) is 3.13. The normalized spacial score (nSPS) is 20.9. The quantitative estimate of drug-likeness (QED) is 0.895. The molecule has 0 aliphatic carbocycles. The van der Waals surface area contributed by atoms with Crippen molar-refractivity contribution >= 4 is 5.91 Å². The van der Waals surface area contributed by atoms with E-state index in [4.69, 9.17) is 4.74 Å². The maximum Gasteiger partial charge on any atom is 0.273 e. The van der Waals surface area contributed by atoms with Crippen molar-refractivity contribution in [2.75, 3.05) is 13.2 Å². The average Bonchev–Trinajstić information content (AvgIpc) is 3.18.